The zero-order valence-electron chi connectivity index (χ0n) is 18.1. The number of esters is 3. The second kappa shape index (κ2) is 11.0. The molecule has 0 spiro atoms. The molecule has 0 fully saturated rings. The SMILES string of the molecule is Cn1cc(OC(=O)CC(O)(CC(=O)OCC[N+](C)(C)C)C(=O)OCC(O)CO)nc1N. The second-order valence-corrected chi connectivity index (χ2v) is 8.08. The van der Waals surface area contributed by atoms with E-state index in [-0.39, 0.29) is 18.4 Å². The summed E-state index contributed by atoms with van der Waals surface area (Å²) in [7, 11) is 7.21. The molecule has 0 aliphatic heterocycles. The number of aryl methyl sites for hydroxylation is 1. The van der Waals surface area contributed by atoms with E-state index in [0.717, 1.165) is 0 Å². The van der Waals surface area contributed by atoms with Gasteiger partial charge in [0.2, 0.25) is 11.8 Å². The van der Waals surface area contributed by atoms with Crippen LogP contribution in [0, 0.1) is 0 Å². The van der Waals surface area contributed by atoms with Gasteiger partial charge in [-0.3, -0.25) is 9.59 Å². The normalized spacial score (nSPS) is 14.4. The van der Waals surface area contributed by atoms with Gasteiger partial charge < -0.3 is 44.3 Å². The fourth-order valence-electron chi connectivity index (χ4n) is 2.18. The highest BCUT2D eigenvalue weighted by atomic mass is 16.6. The van der Waals surface area contributed by atoms with Gasteiger partial charge in [-0.1, -0.05) is 0 Å². The Bertz CT molecular complexity index is 755. The molecular formula is C18H31N4O9+. The summed E-state index contributed by atoms with van der Waals surface area (Å²) in [5.41, 5.74) is 2.92. The number of ether oxygens (including phenoxy) is 3. The van der Waals surface area contributed by atoms with E-state index in [1.165, 1.54) is 10.8 Å². The number of aromatic nitrogens is 2. The van der Waals surface area contributed by atoms with Gasteiger partial charge in [-0.05, 0) is 0 Å². The van der Waals surface area contributed by atoms with Crippen molar-refractivity contribution < 1.29 is 48.4 Å². The molecule has 1 aromatic rings. The van der Waals surface area contributed by atoms with Crippen molar-refractivity contribution in [2.75, 3.05) is 53.2 Å². The molecule has 0 saturated carbocycles. The fraction of sp³-hybridized carbons (Fsp3) is 0.667. The number of anilines is 1. The second-order valence-electron chi connectivity index (χ2n) is 8.08. The molecular weight excluding hydrogens is 416 g/mol. The molecule has 31 heavy (non-hydrogen) atoms. The van der Waals surface area contributed by atoms with Crippen molar-refractivity contribution in [3.05, 3.63) is 6.20 Å². The summed E-state index contributed by atoms with van der Waals surface area (Å²) in [6.45, 7) is -0.850. The smallest absolute Gasteiger partial charge is 0.339 e. The standard InChI is InChI=1S/C18H31N4O9/c1-21-9-13(20-17(21)19)31-15(26)8-18(28,16(27)30-11-12(24)10-23)7-14(25)29-6-5-22(2,3)4/h9,12,23-24,28H,5-8,10-11H2,1-4H3,(H2,19,20)/q+1. The van der Waals surface area contributed by atoms with Crippen molar-refractivity contribution in [3.63, 3.8) is 0 Å². The lowest BCUT2D eigenvalue weighted by atomic mass is 9.95. The van der Waals surface area contributed by atoms with E-state index in [9.17, 15) is 24.6 Å². The summed E-state index contributed by atoms with van der Waals surface area (Å²) in [5.74, 6) is -3.48. The van der Waals surface area contributed by atoms with Crippen LogP contribution >= 0.6 is 0 Å². The van der Waals surface area contributed by atoms with E-state index < -0.39 is 55.7 Å². The number of likely N-dealkylation sites (N-methyl/N-ethyl adjacent to an activating group) is 1. The quantitative estimate of drug-likeness (QED) is 0.197. The first kappa shape index (κ1) is 26.3. The molecule has 1 aromatic heterocycles. The Morgan fingerprint density at radius 1 is 1.23 bits per heavy atom. The average Bonchev–Trinajstić information content (AvgIpc) is 2.94. The Labute approximate surface area is 179 Å². The molecule has 176 valence electrons. The molecule has 0 aromatic carbocycles. The van der Waals surface area contributed by atoms with Crippen molar-refractivity contribution in [1.82, 2.24) is 9.55 Å². The summed E-state index contributed by atoms with van der Waals surface area (Å²) in [5, 5.41) is 28.9. The molecule has 13 nitrogen and oxygen atoms in total. The van der Waals surface area contributed by atoms with Crippen LogP contribution in [0.5, 0.6) is 5.88 Å². The minimum absolute atomic E-state index is 0.0222. The van der Waals surface area contributed by atoms with E-state index in [2.05, 4.69) is 4.98 Å². The maximum Gasteiger partial charge on any atom is 0.339 e. The van der Waals surface area contributed by atoms with Crippen LogP contribution in [0.2, 0.25) is 0 Å². The Hall–Kier alpha value is -2.74. The van der Waals surface area contributed by atoms with Crippen LogP contribution in [-0.4, -0.2) is 106 Å². The van der Waals surface area contributed by atoms with E-state index in [0.29, 0.717) is 11.0 Å². The topological polar surface area (TPSA) is 183 Å². The molecule has 1 heterocycles. The van der Waals surface area contributed by atoms with E-state index in [4.69, 9.17) is 25.1 Å². The first-order valence-electron chi connectivity index (χ1n) is 9.40. The lowest BCUT2D eigenvalue weighted by Crippen LogP contribution is -2.46. The Balaban J connectivity index is 2.86. The molecule has 0 bridgehead atoms. The van der Waals surface area contributed by atoms with E-state index in [1.807, 2.05) is 21.1 Å². The van der Waals surface area contributed by atoms with Crippen LogP contribution in [0.15, 0.2) is 6.20 Å². The number of carbonyl (C=O) groups is 3. The monoisotopic (exact) mass is 447 g/mol. The lowest BCUT2D eigenvalue weighted by molar-refractivity contribution is -0.870. The number of nitrogens with zero attached hydrogens (tertiary/aromatic N) is 3. The zero-order valence-corrected chi connectivity index (χ0v) is 18.1. The van der Waals surface area contributed by atoms with Crippen molar-refractivity contribution in [1.29, 1.82) is 0 Å². The number of rotatable bonds is 12. The molecule has 2 atom stereocenters. The van der Waals surface area contributed by atoms with Crippen LogP contribution in [0.4, 0.5) is 5.95 Å². The van der Waals surface area contributed by atoms with E-state index in [1.54, 1.807) is 7.05 Å². The summed E-state index contributed by atoms with van der Waals surface area (Å²) < 4.78 is 16.6. The number of nitrogens with two attached hydrogens (primary N) is 1. The predicted octanol–water partition coefficient (Wildman–Crippen LogP) is -2.44. The van der Waals surface area contributed by atoms with Crippen molar-refractivity contribution in [2.45, 2.75) is 24.5 Å². The number of aliphatic hydroxyl groups is 3. The van der Waals surface area contributed by atoms with Gasteiger partial charge in [0.25, 0.3) is 0 Å². The van der Waals surface area contributed by atoms with Gasteiger partial charge in [0.05, 0.1) is 46.8 Å². The van der Waals surface area contributed by atoms with Crippen LogP contribution < -0.4 is 10.5 Å². The van der Waals surface area contributed by atoms with Crippen LogP contribution in [0.25, 0.3) is 0 Å². The molecule has 13 heteroatoms. The summed E-state index contributed by atoms with van der Waals surface area (Å²) >= 11 is 0. The zero-order chi connectivity index (χ0) is 23.8. The number of aliphatic hydroxyl groups excluding tert-OH is 2. The minimum atomic E-state index is -2.62. The number of quaternary nitrogens is 1. The fourth-order valence-corrected chi connectivity index (χ4v) is 2.18. The average molecular weight is 447 g/mol. The molecule has 1 rings (SSSR count). The van der Waals surface area contributed by atoms with Crippen LogP contribution in [0.3, 0.4) is 0 Å². The van der Waals surface area contributed by atoms with Crippen molar-refractivity contribution >= 4 is 23.9 Å². The summed E-state index contributed by atoms with van der Waals surface area (Å²) in [6, 6.07) is 0. The van der Waals surface area contributed by atoms with E-state index >= 15 is 0 Å². The maximum absolute atomic E-state index is 12.4. The highest BCUT2D eigenvalue weighted by molar-refractivity contribution is 5.90. The molecule has 0 amide bonds. The minimum Gasteiger partial charge on any atom is -0.461 e. The highest BCUT2D eigenvalue weighted by Crippen LogP contribution is 2.21. The van der Waals surface area contributed by atoms with Crippen LogP contribution in [0.1, 0.15) is 12.8 Å². The number of imidazole rings is 1. The van der Waals surface area contributed by atoms with Gasteiger partial charge in [0, 0.05) is 7.05 Å². The number of hydrogen-bond donors (Lipinski definition) is 4. The van der Waals surface area contributed by atoms with Gasteiger partial charge in [0.1, 0.15) is 25.9 Å². The van der Waals surface area contributed by atoms with Gasteiger partial charge in [-0.2, -0.15) is 4.98 Å². The summed E-state index contributed by atoms with van der Waals surface area (Å²) in [4.78, 5) is 40.6. The van der Waals surface area contributed by atoms with Crippen LogP contribution in [-0.2, 0) is 30.9 Å². The molecule has 0 aliphatic rings. The molecule has 5 N–H and O–H groups in total. The van der Waals surface area contributed by atoms with Gasteiger partial charge in [-0.25, -0.2) is 4.79 Å². The Kier molecular flexibility index (Phi) is 9.37. The largest absolute Gasteiger partial charge is 0.461 e. The number of carbonyl (C=O) groups excluding carboxylic acids is 3. The molecule has 0 aliphatic carbocycles. The van der Waals surface area contributed by atoms with Gasteiger partial charge in [-0.15, -0.1) is 0 Å². The number of nitrogen functional groups attached to an aromatic ring is 1. The van der Waals surface area contributed by atoms with Crippen molar-refractivity contribution in [2.24, 2.45) is 7.05 Å². The third-order valence-corrected chi connectivity index (χ3v) is 4.00. The molecule has 0 radical (unpaired) electrons. The van der Waals surface area contributed by atoms with Crippen molar-refractivity contribution in [3.8, 4) is 5.88 Å². The van der Waals surface area contributed by atoms with Gasteiger partial charge in [0.15, 0.2) is 5.60 Å². The Morgan fingerprint density at radius 2 is 1.84 bits per heavy atom. The number of hydrogen-bond acceptors (Lipinski definition) is 11. The van der Waals surface area contributed by atoms with Gasteiger partial charge >= 0.3 is 17.9 Å². The maximum atomic E-state index is 12.4. The third kappa shape index (κ3) is 9.29. The lowest BCUT2D eigenvalue weighted by Gasteiger charge is -2.26. The Morgan fingerprint density at radius 3 is 2.35 bits per heavy atom. The summed E-state index contributed by atoms with van der Waals surface area (Å²) in [6.07, 6.45) is -1.94. The first-order chi connectivity index (χ1) is 14.3. The highest BCUT2D eigenvalue weighted by Gasteiger charge is 2.44. The predicted molar refractivity (Wildman–Crippen MR) is 105 cm³/mol. The third-order valence-electron chi connectivity index (χ3n) is 4.00. The molecule has 0 saturated heterocycles. The first-order valence-corrected chi connectivity index (χ1v) is 9.40. The molecule has 2 unspecified atom stereocenters.